The number of likely N-dealkylation sites (tertiary alicyclic amines) is 1. The number of carboxylic acid groups (broad SMARTS) is 1. The standard InChI is InChI=1S/C23H32N4O5/c1-26-16(21(30)31)5-18(28)32-23-8-12-2-13(9-23)7-22(6-12,11-23)19(25)20(29)27-15(10-24)3-14-4-17(14)27/h12-17,19,26H,2-9,11,25H2,1H3,(H,30,31)/t12?,13?,14-,15+,16-,17+,19-,22?,23?/m1/s1. The molecule has 1 aliphatic heterocycles. The van der Waals surface area contributed by atoms with Crippen molar-refractivity contribution in [2.45, 2.75) is 87.6 Å². The van der Waals surface area contributed by atoms with Crippen molar-refractivity contribution in [3.05, 3.63) is 0 Å². The van der Waals surface area contributed by atoms with Gasteiger partial charge in [0.05, 0.1) is 18.5 Å². The van der Waals surface area contributed by atoms with E-state index in [1.54, 1.807) is 4.90 Å². The van der Waals surface area contributed by atoms with Crippen molar-refractivity contribution in [1.82, 2.24) is 10.2 Å². The van der Waals surface area contributed by atoms with Gasteiger partial charge in [-0.2, -0.15) is 5.26 Å². The molecule has 1 amide bonds. The molecule has 174 valence electrons. The summed E-state index contributed by atoms with van der Waals surface area (Å²) in [6.45, 7) is 0. The van der Waals surface area contributed by atoms with E-state index in [0.717, 1.165) is 44.9 Å². The molecule has 32 heavy (non-hydrogen) atoms. The van der Waals surface area contributed by atoms with Crippen LogP contribution < -0.4 is 11.1 Å². The molecule has 4 N–H and O–H groups in total. The monoisotopic (exact) mass is 444 g/mol. The van der Waals surface area contributed by atoms with Crippen LogP contribution in [0, 0.1) is 34.5 Å². The predicted octanol–water partition coefficient (Wildman–Crippen LogP) is 0.772. The Morgan fingerprint density at radius 2 is 1.91 bits per heavy atom. The van der Waals surface area contributed by atoms with Crippen LogP contribution in [0.3, 0.4) is 0 Å². The van der Waals surface area contributed by atoms with E-state index in [2.05, 4.69) is 11.4 Å². The summed E-state index contributed by atoms with van der Waals surface area (Å²) in [6, 6.07) is 0.365. The van der Waals surface area contributed by atoms with Crippen molar-refractivity contribution in [3.8, 4) is 6.07 Å². The molecule has 5 saturated carbocycles. The summed E-state index contributed by atoms with van der Waals surface area (Å²) in [5.74, 6) is -0.591. The third-order valence-corrected chi connectivity index (χ3v) is 8.83. The first-order chi connectivity index (χ1) is 15.2. The van der Waals surface area contributed by atoms with Gasteiger partial charge in [-0.3, -0.25) is 14.4 Å². The molecule has 5 aliphatic carbocycles. The van der Waals surface area contributed by atoms with Crippen molar-refractivity contribution < 1.29 is 24.2 Å². The minimum absolute atomic E-state index is 0.119. The fourth-order valence-corrected chi connectivity index (χ4v) is 7.81. The number of fused-ring (bicyclic) bond motifs is 1. The van der Waals surface area contributed by atoms with Crippen LogP contribution in [0.1, 0.15) is 57.8 Å². The lowest BCUT2D eigenvalue weighted by atomic mass is 9.46. The number of esters is 1. The molecule has 0 aromatic rings. The second kappa shape index (κ2) is 7.42. The summed E-state index contributed by atoms with van der Waals surface area (Å²) < 4.78 is 6.01. The third kappa shape index (κ3) is 3.39. The topological polar surface area (TPSA) is 146 Å². The Morgan fingerprint density at radius 3 is 2.50 bits per heavy atom. The number of amides is 1. The fraction of sp³-hybridized carbons (Fsp3) is 0.826. The van der Waals surface area contributed by atoms with Crippen LogP contribution in [0.4, 0.5) is 0 Å². The number of hydrogen-bond donors (Lipinski definition) is 3. The molecule has 1 heterocycles. The number of nitrogens with one attached hydrogen (secondary N) is 1. The number of nitrogens with zero attached hydrogens (tertiary/aromatic N) is 2. The van der Waals surface area contributed by atoms with Gasteiger partial charge in [0.15, 0.2) is 0 Å². The van der Waals surface area contributed by atoms with Gasteiger partial charge in [-0.1, -0.05) is 0 Å². The van der Waals surface area contributed by atoms with Gasteiger partial charge >= 0.3 is 11.9 Å². The summed E-state index contributed by atoms with van der Waals surface area (Å²) in [5.41, 5.74) is 5.60. The number of nitrogens with two attached hydrogens (primary N) is 1. The number of ether oxygens (including phenoxy) is 1. The van der Waals surface area contributed by atoms with Crippen molar-refractivity contribution in [2.75, 3.05) is 7.05 Å². The van der Waals surface area contributed by atoms with Crippen LogP contribution in [0.15, 0.2) is 0 Å². The maximum absolute atomic E-state index is 13.5. The fourth-order valence-electron chi connectivity index (χ4n) is 7.81. The maximum Gasteiger partial charge on any atom is 0.321 e. The van der Waals surface area contributed by atoms with E-state index in [1.165, 1.54) is 7.05 Å². The highest BCUT2D eigenvalue weighted by molar-refractivity contribution is 5.85. The van der Waals surface area contributed by atoms with E-state index in [4.69, 9.17) is 10.5 Å². The molecule has 6 rings (SSSR count). The maximum atomic E-state index is 13.5. The molecule has 4 bridgehead atoms. The van der Waals surface area contributed by atoms with E-state index in [-0.39, 0.29) is 24.4 Å². The second-order valence-electron chi connectivity index (χ2n) is 11.0. The normalized spacial score (nSPS) is 42.7. The van der Waals surface area contributed by atoms with Crippen molar-refractivity contribution in [3.63, 3.8) is 0 Å². The quantitative estimate of drug-likeness (QED) is 0.488. The molecule has 6 aliphatic rings. The SMILES string of the molecule is CN[C@H](CC(=O)OC12CC3CC(C1)CC([C@H](N)C(=O)N1[C@H](C#N)C[C@@H]4C[C@@H]41)(C3)C2)C(=O)O. The van der Waals surface area contributed by atoms with Crippen LogP contribution in [0.25, 0.3) is 0 Å². The molecule has 0 aromatic carbocycles. The average Bonchev–Trinajstić information content (AvgIpc) is 3.39. The van der Waals surface area contributed by atoms with Crippen molar-refractivity contribution in [2.24, 2.45) is 28.9 Å². The number of likely N-dealkylation sites (N-methyl/N-ethyl adjacent to an activating group) is 1. The Hall–Kier alpha value is -2.18. The smallest absolute Gasteiger partial charge is 0.321 e. The first kappa shape index (κ1) is 21.7. The molecule has 1 saturated heterocycles. The summed E-state index contributed by atoms with van der Waals surface area (Å²) in [7, 11) is 1.51. The Morgan fingerprint density at radius 1 is 1.22 bits per heavy atom. The zero-order valence-corrected chi connectivity index (χ0v) is 18.5. The summed E-state index contributed by atoms with van der Waals surface area (Å²) in [6.07, 6.45) is 6.29. The largest absolute Gasteiger partial charge is 0.480 e. The van der Waals surface area contributed by atoms with Gasteiger partial charge in [0, 0.05) is 6.04 Å². The van der Waals surface area contributed by atoms with Gasteiger partial charge in [-0.15, -0.1) is 0 Å². The minimum atomic E-state index is -1.09. The molecule has 0 aromatic heterocycles. The number of carbonyl (C=O) groups is 3. The van der Waals surface area contributed by atoms with Gasteiger partial charge in [0.25, 0.3) is 0 Å². The first-order valence-electron chi connectivity index (χ1n) is 11.8. The second-order valence-corrected chi connectivity index (χ2v) is 11.0. The lowest BCUT2D eigenvalue weighted by Crippen LogP contribution is -2.65. The lowest BCUT2D eigenvalue weighted by Gasteiger charge is -2.62. The minimum Gasteiger partial charge on any atom is -0.480 e. The Labute approximate surface area is 187 Å². The highest BCUT2D eigenvalue weighted by atomic mass is 16.6. The van der Waals surface area contributed by atoms with Gasteiger partial charge in [-0.05, 0) is 81.6 Å². The van der Waals surface area contributed by atoms with Crippen molar-refractivity contribution >= 4 is 17.8 Å². The molecule has 0 spiro atoms. The number of aliphatic carboxylic acids is 1. The number of piperidine rings is 1. The third-order valence-electron chi connectivity index (χ3n) is 8.83. The molecule has 9 nitrogen and oxygen atoms in total. The van der Waals surface area contributed by atoms with Gasteiger partial charge in [0.1, 0.15) is 17.7 Å². The molecule has 7 atom stereocenters. The van der Waals surface area contributed by atoms with Gasteiger partial charge in [0.2, 0.25) is 5.91 Å². The molecule has 2 unspecified atom stereocenters. The Bertz CT molecular complexity index is 870. The number of carbonyl (C=O) groups excluding carboxylic acids is 2. The predicted molar refractivity (Wildman–Crippen MR) is 112 cm³/mol. The summed E-state index contributed by atoms with van der Waals surface area (Å²) in [4.78, 5) is 39.3. The van der Waals surface area contributed by atoms with Crippen LogP contribution in [-0.2, 0) is 19.1 Å². The van der Waals surface area contributed by atoms with E-state index in [1.807, 2.05) is 0 Å². The number of hydrogen-bond acceptors (Lipinski definition) is 7. The molecule has 0 radical (unpaired) electrons. The lowest BCUT2D eigenvalue weighted by molar-refractivity contribution is -0.206. The number of nitriles is 1. The van der Waals surface area contributed by atoms with E-state index in [9.17, 15) is 24.8 Å². The Kier molecular flexibility index (Phi) is 5.02. The average molecular weight is 445 g/mol. The zero-order chi connectivity index (χ0) is 22.8. The first-order valence-corrected chi connectivity index (χ1v) is 11.8. The zero-order valence-electron chi connectivity index (χ0n) is 18.5. The van der Waals surface area contributed by atoms with Crippen LogP contribution in [0.2, 0.25) is 0 Å². The highest BCUT2D eigenvalue weighted by Gasteiger charge is 2.64. The van der Waals surface area contributed by atoms with E-state index < -0.39 is 35.0 Å². The highest BCUT2D eigenvalue weighted by Crippen LogP contribution is 2.64. The van der Waals surface area contributed by atoms with Crippen molar-refractivity contribution in [1.29, 1.82) is 5.26 Å². The van der Waals surface area contributed by atoms with Crippen LogP contribution >= 0.6 is 0 Å². The summed E-state index contributed by atoms with van der Waals surface area (Å²) in [5, 5.41) is 21.4. The van der Waals surface area contributed by atoms with E-state index >= 15 is 0 Å². The number of rotatable bonds is 7. The Balaban J connectivity index is 1.34. The molecular weight excluding hydrogens is 412 g/mol. The molecule has 9 heteroatoms. The number of carboxylic acids is 1. The van der Waals surface area contributed by atoms with E-state index in [0.29, 0.717) is 24.2 Å². The van der Waals surface area contributed by atoms with Gasteiger partial charge < -0.3 is 25.8 Å². The van der Waals surface area contributed by atoms with Crippen LogP contribution in [0.5, 0.6) is 0 Å². The van der Waals surface area contributed by atoms with Crippen LogP contribution in [-0.4, -0.2) is 64.7 Å². The molecule has 6 fully saturated rings. The summed E-state index contributed by atoms with van der Waals surface area (Å²) >= 11 is 0. The molecular formula is C23H32N4O5. The van der Waals surface area contributed by atoms with Gasteiger partial charge in [-0.25, -0.2) is 0 Å².